The Hall–Kier alpha value is -0.420. The summed E-state index contributed by atoms with van der Waals surface area (Å²) in [4.78, 5) is 28.1. The van der Waals surface area contributed by atoms with Gasteiger partial charge in [-0.1, -0.05) is 26.7 Å². The molecule has 7 heteroatoms. The van der Waals surface area contributed by atoms with E-state index in [4.69, 9.17) is 14.9 Å². The van der Waals surface area contributed by atoms with Crippen molar-refractivity contribution in [2.45, 2.75) is 51.6 Å². The number of carbonyl (C=O) groups is 1. The van der Waals surface area contributed by atoms with Gasteiger partial charge in [0, 0.05) is 12.2 Å². The third kappa shape index (κ3) is 10.5. The van der Waals surface area contributed by atoms with E-state index in [1.54, 1.807) is 0 Å². The Labute approximate surface area is 102 Å². The molecule has 0 fully saturated rings. The molecule has 0 aromatic rings. The Morgan fingerprint density at radius 2 is 1.82 bits per heavy atom. The van der Waals surface area contributed by atoms with Crippen molar-refractivity contribution in [3.8, 4) is 0 Å². The standard InChI is InChI=1S/C10H22NO5P/c1-8(2)11-9(10(12)13)6-4-3-5-7-17(14,15)16/h8-9,11H,3-7H2,1-2H3,(H,12,13)(H2,14,15,16). The quantitative estimate of drug-likeness (QED) is 0.369. The van der Waals surface area contributed by atoms with Crippen LogP contribution in [0.15, 0.2) is 0 Å². The van der Waals surface area contributed by atoms with E-state index in [0.29, 0.717) is 25.7 Å². The Kier molecular flexibility index (Phi) is 7.63. The summed E-state index contributed by atoms with van der Waals surface area (Å²) in [5.41, 5.74) is 0. The van der Waals surface area contributed by atoms with Crippen LogP contribution in [-0.2, 0) is 9.36 Å². The van der Waals surface area contributed by atoms with Crippen LogP contribution in [0.1, 0.15) is 39.5 Å². The normalized spacial score (nSPS) is 13.9. The topological polar surface area (TPSA) is 107 Å². The number of rotatable bonds is 9. The first-order chi connectivity index (χ1) is 7.72. The van der Waals surface area contributed by atoms with Crippen LogP contribution in [0, 0.1) is 0 Å². The van der Waals surface area contributed by atoms with Crippen molar-refractivity contribution in [2.24, 2.45) is 0 Å². The number of unbranched alkanes of at least 4 members (excludes halogenated alkanes) is 2. The number of hydrogen-bond acceptors (Lipinski definition) is 3. The van der Waals surface area contributed by atoms with E-state index in [2.05, 4.69) is 5.32 Å². The molecule has 0 heterocycles. The maximum absolute atomic E-state index is 10.9. The highest BCUT2D eigenvalue weighted by Crippen LogP contribution is 2.35. The SMILES string of the molecule is CC(C)NC(CCCCCP(=O)(O)O)C(=O)O. The number of nitrogens with one attached hydrogen (secondary N) is 1. The fourth-order valence-corrected chi connectivity index (χ4v) is 2.16. The summed E-state index contributed by atoms with van der Waals surface area (Å²) in [5, 5.41) is 11.9. The Balaban J connectivity index is 3.76. The lowest BCUT2D eigenvalue weighted by Gasteiger charge is -2.16. The second-order valence-electron chi connectivity index (χ2n) is 4.45. The number of carboxylic acids is 1. The van der Waals surface area contributed by atoms with Crippen molar-refractivity contribution in [1.82, 2.24) is 5.32 Å². The van der Waals surface area contributed by atoms with E-state index >= 15 is 0 Å². The van der Waals surface area contributed by atoms with Gasteiger partial charge in [-0.25, -0.2) is 0 Å². The maximum atomic E-state index is 10.9. The Bertz CT molecular complexity index is 276. The number of aliphatic carboxylic acids is 1. The first-order valence-electron chi connectivity index (χ1n) is 5.76. The van der Waals surface area contributed by atoms with Gasteiger partial charge in [0.2, 0.25) is 0 Å². The van der Waals surface area contributed by atoms with Gasteiger partial charge in [0.25, 0.3) is 0 Å². The molecule has 1 atom stereocenters. The van der Waals surface area contributed by atoms with Gasteiger partial charge in [-0.3, -0.25) is 9.36 Å². The number of carboxylic acid groups (broad SMARTS) is 1. The van der Waals surface area contributed by atoms with E-state index < -0.39 is 19.6 Å². The monoisotopic (exact) mass is 267 g/mol. The molecule has 0 aliphatic rings. The molecule has 0 aromatic heterocycles. The highest BCUT2D eigenvalue weighted by atomic mass is 31.2. The molecule has 0 aliphatic carbocycles. The average Bonchev–Trinajstić information content (AvgIpc) is 2.12. The molecule has 4 N–H and O–H groups in total. The number of hydrogen-bond donors (Lipinski definition) is 4. The smallest absolute Gasteiger partial charge is 0.325 e. The van der Waals surface area contributed by atoms with Gasteiger partial charge in [0.05, 0.1) is 0 Å². The van der Waals surface area contributed by atoms with Gasteiger partial charge in [0.15, 0.2) is 0 Å². The zero-order valence-electron chi connectivity index (χ0n) is 10.3. The fraction of sp³-hybridized carbons (Fsp3) is 0.900. The summed E-state index contributed by atoms with van der Waals surface area (Å²) in [6.45, 7) is 3.76. The molecule has 0 aliphatic heterocycles. The molecular weight excluding hydrogens is 245 g/mol. The van der Waals surface area contributed by atoms with Crippen molar-refractivity contribution in [2.75, 3.05) is 6.16 Å². The zero-order chi connectivity index (χ0) is 13.5. The predicted octanol–water partition coefficient (Wildman–Crippen LogP) is 1.18. The van der Waals surface area contributed by atoms with Crippen LogP contribution >= 0.6 is 7.60 Å². The lowest BCUT2D eigenvalue weighted by atomic mass is 10.1. The van der Waals surface area contributed by atoms with Crippen molar-refractivity contribution in [3.63, 3.8) is 0 Å². The predicted molar refractivity (Wildman–Crippen MR) is 65.1 cm³/mol. The second-order valence-corrected chi connectivity index (χ2v) is 6.23. The molecule has 0 radical (unpaired) electrons. The van der Waals surface area contributed by atoms with Gasteiger partial charge in [0.1, 0.15) is 6.04 Å². The molecule has 102 valence electrons. The van der Waals surface area contributed by atoms with Crippen LogP contribution in [0.4, 0.5) is 0 Å². The molecule has 0 spiro atoms. The lowest BCUT2D eigenvalue weighted by Crippen LogP contribution is -2.40. The summed E-state index contributed by atoms with van der Waals surface area (Å²) in [7, 11) is -3.90. The van der Waals surface area contributed by atoms with Crippen LogP contribution in [0.5, 0.6) is 0 Å². The molecule has 17 heavy (non-hydrogen) atoms. The molecule has 0 saturated carbocycles. The summed E-state index contributed by atoms with van der Waals surface area (Å²) in [5.74, 6) is -0.881. The Morgan fingerprint density at radius 3 is 2.24 bits per heavy atom. The zero-order valence-corrected chi connectivity index (χ0v) is 11.2. The molecule has 0 aromatic carbocycles. The van der Waals surface area contributed by atoms with Gasteiger partial charge < -0.3 is 20.2 Å². The highest BCUT2D eigenvalue weighted by Gasteiger charge is 2.17. The minimum absolute atomic E-state index is 0.103. The van der Waals surface area contributed by atoms with Crippen LogP contribution in [0.2, 0.25) is 0 Å². The first kappa shape index (κ1) is 16.6. The summed E-state index contributed by atoms with van der Waals surface area (Å²) in [6.07, 6.45) is 2.07. The third-order valence-corrected chi connectivity index (χ3v) is 3.17. The molecule has 1 unspecified atom stereocenters. The van der Waals surface area contributed by atoms with Gasteiger partial charge in [-0.05, 0) is 12.8 Å². The van der Waals surface area contributed by atoms with Gasteiger partial charge in [-0.15, -0.1) is 0 Å². The van der Waals surface area contributed by atoms with E-state index in [1.165, 1.54) is 0 Å². The maximum Gasteiger partial charge on any atom is 0.325 e. The second kappa shape index (κ2) is 7.82. The van der Waals surface area contributed by atoms with Crippen LogP contribution < -0.4 is 5.32 Å². The summed E-state index contributed by atoms with van der Waals surface area (Å²) in [6, 6.07) is -0.476. The largest absolute Gasteiger partial charge is 0.480 e. The first-order valence-corrected chi connectivity index (χ1v) is 7.55. The van der Waals surface area contributed by atoms with E-state index in [0.717, 1.165) is 0 Å². The van der Waals surface area contributed by atoms with Crippen molar-refractivity contribution in [1.29, 1.82) is 0 Å². The summed E-state index contributed by atoms with van der Waals surface area (Å²) < 4.78 is 10.6. The minimum Gasteiger partial charge on any atom is -0.480 e. The molecule has 0 amide bonds. The fourth-order valence-electron chi connectivity index (χ4n) is 1.52. The lowest BCUT2D eigenvalue weighted by molar-refractivity contribution is -0.139. The van der Waals surface area contributed by atoms with Gasteiger partial charge in [-0.2, -0.15) is 0 Å². The summed E-state index contributed by atoms with van der Waals surface area (Å²) >= 11 is 0. The van der Waals surface area contributed by atoms with E-state index in [1.807, 2.05) is 13.8 Å². The molecule has 0 saturated heterocycles. The van der Waals surface area contributed by atoms with Crippen LogP contribution in [0.3, 0.4) is 0 Å². The van der Waals surface area contributed by atoms with E-state index in [9.17, 15) is 9.36 Å². The average molecular weight is 267 g/mol. The van der Waals surface area contributed by atoms with Crippen molar-refractivity contribution < 1.29 is 24.3 Å². The van der Waals surface area contributed by atoms with Crippen molar-refractivity contribution >= 4 is 13.6 Å². The Morgan fingerprint density at radius 1 is 1.24 bits per heavy atom. The highest BCUT2D eigenvalue weighted by molar-refractivity contribution is 7.51. The van der Waals surface area contributed by atoms with Crippen LogP contribution in [0.25, 0.3) is 0 Å². The van der Waals surface area contributed by atoms with Gasteiger partial charge >= 0.3 is 13.6 Å². The van der Waals surface area contributed by atoms with Crippen molar-refractivity contribution in [3.05, 3.63) is 0 Å². The molecule has 0 bridgehead atoms. The minimum atomic E-state index is -3.90. The van der Waals surface area contributed by atoms with Crippen LogP contribution in [-0.4, -0.2) is 39.1 Å². The molecule has 6 nitrogen and oxygen atoms in total. The molecular formula is C10H22NO5P. The van der Waals surface area contributed by atoms with E-state index in [-0.39, 0.29) is 12.2 Å². The molecule has 0 rings (SSSR count). The third-order valence-electron chi connectivity index (χ3n) is 2.27.